The van der Waals surface area contributed by atoms with E-state index < -0.39 is 0 Å². The van der Waals surface area contributed by atoms with Gasteiger partial charge in [0, 0.05) is 83.2 Å². The monoisotopic (exact) mass is 1640 g/mol. The fourth-order valence-corrected chi connectivity index (χ4v) is 21.4. The minimum atomic E-state index is -0.0554. The van der Waals surface area contributed by atoms with Gasteiger partial charge in [0.2, 0.25) is 0 Å². The van der Waals surface area contributed by atoms with Gasteiger partial charge in [0.05, 0.1) is 22.1 Å². The van der Waals surface area contributed by atoms with Crippen molar-refractivity contribution in [2.45, 2.75) is 19.3 Å². The van der Waals surface area contributed by atoms with Crippen LogP contribution in [0.4, 0.5) is 34.1 Å². The lowest BCUT2D eigenvalue weighted by Crippen LogP contribution is -2.14. The highest BCUT2D eigenvalue weighted by molar-refractivity contribution is 6.35. The first-order chi connectivity index (χ1) is 63.7. The van der Waals surface area contributed by atoms with Crippen LogP contribution in [-0.2, 0) is 5.41 Å². The number of anilines is 6. The molecule has 4 heteroatoms. The molecule has 1 aliphatic carbocycles. The molecule has 23 aromatic carbocycles. The Morgan fingerprint density at radius 3 is 0.907 bits per heavy atom. The Balaban J connectivity index is 0.000000140. The van der Waals surface area contributed by atoms with E-state index in [0.717, 1.165) is 45.5 Å². The van der Waals surface area contributed by atoms with Crippen LogP contribution < -0.4 is 9.80 Å². The Hall–Kier alpha value is -16.7. The van der Waals surface area contributed by atoms with Crippen molar-refractivity contribution in [3.8, 4) is 89.3 Å². The Morgan fingerprint density at radius 2 is 0.481 bits per heavy atom. The second kappa shape index (κ2) is 30.3. The molecule has 0 fully saturated rings. The molecule has 129 heavy (non-hydrogen) atoms. The maximum absolute atomic E-state index is 2.49. The highest BCUT2D eigenvalue weighted by Crippen LogP contribution is 2.53. The third kappa shape index (κ3) is 12.4. The first-order valence-electron chi connectivity index (χ1n) is 44.8. The Morgan fingerprint density at radius 1 is 0.178 bits per heavy atom. The van der Waals surface area contributed by atoms with E-state index in [1.54, 1.807) is 0 Å². The van der Waals surface area contributed by atoms with E-state index in [1.165, 1.54) is 197 Å². The number of aromatic nitrogens is 2. The van der Waals surface area contributed by atoms with Crippen molar-refractivity contribution in [3.63, 3.8) is 0 Å². The highest BCUT2D eigenvalue weighted by atomic mass is 15.1. The number of rotatable bonds is 14. The van der Waals surface area contributed by atoms with Gasteiger partial charge in [-0.25, -0.2) is 0 Å². The van der Waals surface area contributed by atoms with E-state index >= 15 is 0 Å². The van der Waals surface area contributed by atoms with Gasteiger partial charge in [-0.2, -0.15) is 0 Å². The van der Waals surface area contributed by atoms with E-state index in [4.69, 9.17) is 0 Å². The summed E-state index contributed by atoms with van der Waals surface area (Å²) in [4.78, 5) is 4.64. The van der Waals surface area contributed by atoms with E-state index in [2.05, 4.69) is 506 Å². The molecule has 2 heterocycles. The summed E-state index contributed by atoms with van der Waals surface area (Å²) >= 11 is 0. The molecule has 0 saturated carbocycles. The van der Waals surface area contributed by atoms with Crippen molar-refractivity contribution in [1.29, 1.82) is 0 Å². The Labute approximate surface area is 748 Å². The highest BCUT2D eigenvalue weighted by Gasteiger charge is 2.36. The van der Waals surface area contributed by atoms with E-state index in [1.807, 2.05) is 0 Å². The predicted octanol–water partition coefficient (Wildman–Crippen LogP) is 34.6. The summed E-state index contributed by atoms with van der Waals surface area (Å²) in [6.07, 6.45) is 0. The van der Waals surface area contributed by atoms with Crippen LogP contribution in [-0.4, -0.2) is 9.13 Å². The second-order valence-electron chi connectivity index (χ2n) is 35.0. The van der Waals surface area contributed by atoms with E-state index in [-0.39, 0.29) is 5.41 Å². The van der Waals surface area contributed by atoms with Gasteiger partial charge in [-0.05, 0) is 301 Å². The molecule has 0 bridgehead atoms. The standard InChI is InChI=1S/C64H42N2.C61H42N2/c1-6-16-43(17-7-1)49-38-50(44-18-8-2-9-19-44)40-51(39-49)47-31-37-61-59(41-47)60-42-48-30-35-57-56(34-28-46-29-36-58(63(48)62(46)57)64(60)66(61)54-24-14-5-15-25-54)45-26-32-55(33-27-45)65(52-20-10-3-11-21-52)53-22-12-4-13-23-53;1-61(2)55-21-13-12-20-49(55)50-32-26-42(38-56(50)61)41-28-35-57-53(36-41)54-37-43-27-33-51-48(31-24-40-25-34-52(59(43)58(40)51)60(54)63(57)46-18-10-5-11-19-46)39-22-29-47(30-23-39)62(44-14-6-3-7-15-44)45-16-8-4-9-17-45/h1-42H;3-38H,1-2H3. The molecule has 0 saturated heterocycles. The quantitative estimate of drug-likeness (QED) is 0.101. The van der Waals surface area contributed by atoms with Crippen molar-refractivity contribution < 1.29 is 0 Å². The summed E-state index contributed by atoms with van der Waals surface area (Å²) in [5.74, 6) is 0. The number of para-hydroxylation sites is 6. The zero-order valence-corrected chi connectivity index (χ0v) is 71.3. The first kappa shape index (κ1) is 74.9. The minimum Gasteiger partial charge on any atom is -0.311 e. The number of nitrogens with zero attached hydrogens (tertiary/aromatic N) is 4. The van der Waals surface area contributed by atoms with Crippen molar-refractivity contribution >= 4 is 142 Å². The van der Waals surface area contributed by atoms with Crippen LogP contribution in [0.25, 0.3) is 198 Å². The number of benzene rings is 23. The minimum absolute atomic E-state index is 0.0554. The van der Waals surface area contributed by atoms with Gasteiger partial charge in [-0.3, -0.25) is 0 Å². The molecule has 0 spiro atoms. The molecule has 0 radical (unpaired) electrons. The largest absolute Gasteiger partial charge is 0.311 e. The predicted molar refractivity (Wildman–Crippen MR) is 549 cm³/mol. The van der Waals surface area contributed by atoms with Crippen LogP contribution in [0.3, 0.4) is 0 Å². The molecule has 0 aliphatic heterocycles. The SMILES string of the molecule is CC1(C)c2ccccc2-c2ccc(-c3ccc4c(c3)c3cc5ccc6c(-c7ccc(N(c8ccccc8)c8ccccc8)cc7)ccc7ccc(c5c76)c3n4-c3ccccc3)cc21.c1ccc(-c2cc(-c3ccccc3)cc(-c3ccc4c(c3)c3cc5ccc6c(-c7ccc(N(c8ccccc8)c8ccccc8)cc7)ccc7ccc(c5c76)c3n4-c3ccccc3)c2)cc1. The molecule has 604 valence electrons. The third-order valence-corrected chi connectivity index (χ3v) is 27.4. The molecular formula is C125H84N4. The van der Waals surface area contributed by atoms with Gasteiger partial charge in [-0.15, -0.1) is 0 Å². The average molecular weight is 1640 g/mol. The summed E-state index contributed by atoms with van der Waals surface area (Å²) in [5.41, 5.74) is 34.0. The lowest BCUT2D eigenvalue weighted by Gasteiger charge is -2.25. The third-order valence-electron chi connectivity index (χ3n) is 27.4. The average Bonchev–Trinajstić information content (AvgIpc) is 1.67. The summed E-state index contributed by atoms with van der Waals surface area (Å²) in [7, 11) is 0. The number of hydrogen-bond donors (Lipinski definition) is 0. The van der Waals surface area contributed by atoms with Crippen LogP contribution >= 0.6 is 0 Å². The molecule has 0 amide bonds. The fraction of sp³-hybridized carbons (Fsp3) is 0.0240. The van der Waals surface area contributed by atoms with Crippen LogP contribution in [0.2, 0.25) is 0 Å². The second-order valence-corrected chi connectivity index (χ2v) is 35.0. The Kier molecular flexibility index (Phi) is 17.6. The van der Waals surface area contributed by atoms with Crippen LogP contribution in [0.5, 0.6) is 0 Å². The van der Waals surface area contributed by atoms with Crippen LogP contribution in [0.15, 0.2) is 473 Å². The van der Waals surface area contributed by atoms with Crippen LogP contribution in [0.1, 0.15) is 25.0 Å². The van der Waals surface area contributed by atoms with Gasteiger partial charge in [0.25, 0.3) is 0 Å². The van der Waals surface area contributed by atoms with Crippen molar-refractivity contribution in [1.82, 2.24) is 9.13 Å². The molecule has 1 aliphatic rings. The van der Waals surface area contributed by atoms with Crippen molar-refractivity contribution in [2.75, 3.05) is 9.80 Å². The van der Waals surface area contributed by atoms with Gasteiger partial charge >= 0.3 is 0 Å². The normalized spacial score (nSPS) is 12.3. The summed E-state index contributed by atoms with van der Waals surface area (Å²) in [5, 5.41) is 20.3. The van der Waals surface area contributed by atoms with Gasteiger partial charge in [-0.1, -0.05) is 329 Å². The molecule has 26 rings (SSSR count). The molecule has 0 N–H and O–H groups in total. The summed E-state index contributed by atoms with van der Waals surface area (Å²) < 4.78 is 4.98. The smallest absolute Gasteiger partial charge is 0.0620 e. The topological polar surface area (TPSA) is 16.3 Å². The molecule has 0 unspecified atom stereocenters. The van der Waals surface area contributed by atoms with Crippen molar-refractivity contribution in [2.24, 2.45) is 0 Å². The molecule has 4 nitrogen and oxygen atoms in total. The number of fused-ring (bicyclic) bond motifs is 11. The van der Waals surface area contributed by atoms with E-state index in [0.29, 0.717) is 0 Å². The Bertz CT molecular complexity index is 8490. The summed E-state index contributed by atoms with van der Waals surface area (Å²) in [6.45, 7) is 4.73. The van der Waals surface area contributed by atoms with Crippen LogP contribution in [0, 0.1) is 0 Å². The van der Waals surface area contributed by atoms with E-state index in [9.17, 15) is 0 Å². The fourth-order valence-electron chi connectivity index (χ4n) is 21.4. The molecule has 25 aromatic rings. The zero-order chi connectivity index (χ0) is 85.4. The summed E-state index contributed by atoms with van der Waals surface area (Å²) in [6, 6.07) is 174. The first-order valence-corrected chi connectivity index (χ1v) is 44.8. The van der Waals surface area contributed by atoms with Gasteiger partial charge in [0.15, 0.2) is 0 Å². The zero-order valence-electron chi connectivity index (χ0n) is 71.3. The van der Waals surface area contributed by atoms with Gasteiger partial charge < -0.3 is 18.9 Å². The molecular weight excluding hydrogens is 1560 g/mol. The number of hydrogen-bond acceptors (Lipinski definition) is 2. The molecule has 2 aromatic heterocycles. The van der Waals surface area contributed by atoms with Gasteiger partial charge in [0.1, 0.15) is 0 Å². The maximum Gasteiger partial charge on any atom is 0.0620 e. The lowest BCUT2D eigenvalue weighted by molar-refractivity contribution is 0.660. The van der Waals surface area contributed by atoms with Crippen molar-refractivity contribution in [3.05, 3.63) is 484 Å². The lowest BCUT2D eigenvalue weighted by atomic mass is 9.81. The maximum atomic E-state index is 2.49. The molecule has 0 atom stereocenters.